The average Bonchev–Trinajstić information content (AvgIpc) is 2.48. The van der Waals surface area contributed by atoms with Crippen molar-refractivity contribution in [1.82, 2.24) is 0 Å². The Bertz CT molecular complexity index is 545. The van der Waals surface area contributed by atoms with Crippen LogP contribution in [0.1, 0.15) is 17.2 Å². The molecule has 0 bridgehead atoms. The summed E-state index contributed by atoms with van der Waals surface area (Å²) in [7, 11) is 1.67. The van der Waals surface area contributed by atoms with E-state index in [0.717, 1.165) is 27.9 Å². The third-order valence-electron chi connectivity index (χ3n) is 3.18. The fourth-order valence-electron chi connectivity index (χ4n) is 2.11. The number of aliphatic hydroxyl groups is 1. The smallest absolute Gasteiger partial charge is 0.128 e. The zero-order valence-corrected chi connectivity index (χ0v) is 13.0. The molecule has 2 rings (SSSR count). The number of aliphatic hydroxyl groups excluding tert-OH is 1. The minimum absolute atomic E-state index is 0.450. The van der Waals surface area contributed by atoms with Gasteiger partial charge in [-0.05, 0) is 23.8 Å². The van der Waals surface area contributed by atoms with Gasteiger partial charge in [0, 0.05) is 10.0 Å². The first-order valence-electron chi connectivity index (χ1n) is 6.58. The van der Waals surface area contributed by atoms with Gasteiger partial charge < -0.3 is 15.2 Å². The van der Waals surface area contributed by atoms with Gasteiger partial charge in [0.15, 0.2) is 0 Å². The largest absolute Gasteiger partial charge is 0.496 e. The lowest BCUT2D eigenvalue weighted by Gasteiger charge is -2.11. The molecule has 0 amide bonds. The monoisotopic (exact) mass is 336 g/mol. The van der Waals surface area contributed by atoms with Gasteiger partial charge in [-0.1, -0.05) is 46.3 Å². The summed E-state index contributed by atoms with van der Waals surface area (Å²) in [5.41, 5.74) is 2.06. The van der Waals surface area contributed by atoms with Gasteiger partial charge in [0.25, 0.3) is 0 Å². The molecule has 0 unspecified atom stereocenters. The third kappa shape index (κ3) is 4.07. The molecule has 0 spiro atoms. The lowest BCUT2D eigenvalue weighted by molar-refractivity contribution is -0.677. The molecule has 106 valence electrons. The molecule has 2 aromatic carbocycles. The molecule has 0 saturated carbocycles. The number of ether oxygens (including phenoxy) is 1. The number of methoxy groups -OCH3 is 1. The quantitative estimate of drug-likeness (QED) is 0.849. The van der Waals surface area contributed by atoms with Gasteiger partial charge in [0.05, 0.1) is 7.11 Å². The van der Waals surface area contributed by atoms with Gasteiger partial charge in [-0.15, -0.1) is 0 Å². The van der Waals surface area contributed by atoms with Crippen molar-refractivity contribution in [2.24, 2.45) is 0 Å². The second-order valence-corrected chi connectivity index (χ2v) is 5.53. The highest BCUT2D eigenvalue weighted by Crippen LogP contribution is 2.22. The lowest BCUT2D eigenvalue weighted by atomic mass is 10.1. The molecular formula is C16H19BrNO2+. The van der Waals surface area contributed by atoms with Crippen LogP contribution in [0.25, 0.3) is 0 Å². The van der Waals surface area contributed by atoms with Crippen molar-refractivity contribution in [2.75, 3.05) is 13.7 Å². The maximum Gasteiger partial charge on any atom is 0.128 e. The van der Waals surface area contributed by atoms with Crippen LogP contribution in [0.2, 0.25) is 0 Å². The summed E-state index contributed by atoms with van der Waals surface area (Å²) < 4.78 is 6.37. The maximum atomic E-state index is 10.1. The summed E-state index contributed by atoms with van der Waals surface area (Å²) in [6, 6.07) is 15.7. The van der Waals surface area contributed by atoms with Crippen molar-refractivity contribution in [1.29, 1.82) is 0 Å². The van der Waals surface area contributed by atoms with Crippen molar-refractivity contribution in [3.63, 3.8) is 0 Å². The zero-order valence-electron chi connectivity index (χ0n) is 11.4. The van der Waals surface area contributed by atoms with E-state index in [2.05, 4.69) is 21.2 Å². The SMILES string of the molecule is COc1ccc(Br)cc1C[NH2+]C[C@@H](O)c1ccccc1. The normalized spacial score (nSPS) is 12.2. The van der Waals surface area contributed by atoms with E-state index in [0.29, 0.717) is 6.54 Å². The molecule has 0 aliphatic heterocycles. The topological polar surface area (TPSA) is 46.1 Å². The van der Waals surface area contributed by atoms with E-state index < -0.39 is 6.10 Å². The predicted octanol–water partition coefficient (Wildman–Crippen LogP) is 2.25. The van der Waals surface area contributed by atoms with E-state index in [1.54, 1.807) is 7.11 Å². The number of halogens is 1. The van der Waals surface area contributed by atoms with E-state index in [1.807, 2.05) is 48.5 Å². The van der Waals surface area contributed by atoms with Crippen LogP contribution in [0, 0.1) is 0 Å². The average molecular weight is 337 g/mol. The van der Waals surface area contributed by atoms with Crippen LogP contribution >= 0.6 is 15.9 Å². The molecule has 1 atom stereocenters. The Balaban J connectivity index is 1.91. The molecule has 0 saturated heterocycles. The van der Waals surface area contributed by atoms with E-state index in [-0.39, 0.29) is 0 Å². The number of hydrogen-bond acceptors (Lipinski definition) is 2. The highest BCUT2D eigenvalue weighted by atomic mass is 79.9. The lowest BCUT2D eigenvalue weighted by Crippen LogP contribution is -2.83. The van der Waals surface area contributed by atoms with E-state index in [4.69, 9.17) is 4.74 Å². The summed E-state index contributed by atoms with van der Waals surface area (Å²) in [5, 5.41) is 12.2. The van der Waals surface area contributed by atoms with Crippen LogP contribution < -0.4 is 10.1 Å². The molecule has 0 aliphatic carbocycles. The van der Waals surface area contributed by atoms with E-state index in [1.165, 1.54) is 0 Å². The molecule has 0 aliphatic rings. The van der Waals surface area contributed by atoms with Crippen molar-refractivity contribution in [2.45, 2.75) is 12.6 Å². The molecule has 0 fully saturated rings. The number of quaternary nitrogens is 1. The molecule has 3 nitrogen and oxygen atoms in total. The van der Waals surface area contributed by atoms with Gasteiger partial charge in [-0.2, -0.15) is 0 Å². The van der Waals surface area contributed by atoms with Crippen LogP contribution in [0.4, 0.5) is 0 Å². The Morgan fingerprint density at radius 2 is 1.95 bits per heavy atom. The molecule has 4 heteroatoms. The number of rotatable bonds is 6. The Morgan fingerprint density at radius 3 is 2.65 bits per heavy atom. The summed E-state index contributed by atoms with van der Waals surface area (Å²) in [4.78, 5) is 0. The Morgan fingerprint density at radius 1 is 1.20 bits per heavy atom. The minimum Gasteiger partial charge on any atom is -0.496 e. The predicted molar refractivity (Wildman–Crippen MR) is 82.6 cm³/mol. The van der Waals surface area contributed by atoms with Gasteiger partial charge in [0.2, 0.25) is 0 Å². The first-order chi connectivity index (χ1) is 9.70. The third-order valence-corrected chi connectivity index (χ3v) is 3.67. The summed E-state index contributed by atoms with van der Waals surface area (Å²) in [6.07, 6.45) is -0.450. The van der Waals surface area contributed by atoms with E-state index >= 15 is 0 Å². The maximum absolute atomic E-state index is 10.1. The summed E-state index contributed by atoms with van der Waals surface area (Å²) in [6.45, 7) is 1.40. The zero-order chi connectivity index (χ0) is 14.4. The Kier molecular flexibility index (Phi) is 5.59. The van der Waals surface area contributed by atoms with E-state index in [9.17, 15) is 5.11 Å². The molecule has 0 aromatic heterocycles. The molecular weight excluding hydrogens is 318 g/mol. The minimum atomic E-state index is -0.450. The van der Waals surface area contributed by atoms with Gasteiger partial charge in [-0.25, -0.2) is 0 Å². The van der Waals surface area contributed by atoms with Crippen LogP contribution in [-0.2, 0) is 6.54 Å². The molecule has 0 radical (unpaired) electrons. The molecule has 3 N–H and O–H groups in total. The molecule has 0 heterocycles. The van der Waals surface area contributed by atoms with Crippen molar-refractivity contribution in [3.05, 3.63) is 64.1 Å². The van der Waals surface area contributed by atoms with Crippen LogP contribution in [0.15, 0.2) is 53.0 Å². The Labute approximate surface area is 127 Å². The van der Waals surface area contributed by atoms with Crippen molar-refractivity contribution < 1.29 is 15.2 Å². The van der Waals surface area contributed by atoms with Crippen molar-refractivity contribution >= 4 is 15.9 Å². The number of nitrogens with two attached hydrogens (primary N) is 1. The molecule has 2 aromatic rings. The van der Waals surface area contributed by atoms with Crippen LogP contribution in [0.3, 0.4) is 0 Å². The van der Waals surface area contributed by atoms with Crippen LogP contribution in [-0.4, -0.2) is 18.8 Å². The fourth-order valence-corrected chi connectivity index (χ4v) is 2.52. The Hall–Kier alpha value is -1.36. The second kappa shape index (κ2) is 7.43. The highest BCUT2D eigenvalue weighted by molar-refractivity contribution is 9.10. The van der Waals surface area contributed by atoms with Crippen molar-refractivity contribution in [3.8, 4) is 5.75 Å². The first kappa shape index (κ1) is 15.0. The number of hydrogen-bond donors (Lipinski definition) is 2. The summed E-state index contributed by atoms with van der Waals surface area (Å²) in [5.74, 6) is 0.874. The number of benzene rings is 2. The fraction of sp³-hybridized carbons (Fsp3) is 0.250. The van der Waals surface area contributed by atoms with Gasteiger partial charge in [0.1, 0.15) is 24.9 Å². The summed E-state index contributed by atoms with van der Waals surface area (Å²) >= 11 is 3.46. The van der Waals surface area contributed by atoms with Gasteiger partial charge >= 0.3 is 0 Å². The van der Waals surface area contributed by atoms with Crippen LogP contribution in [0.5, 0.6) is 5.75 Å². The highest BCUT2D eigenvalue weighted by Gasteiger charge is 2.10. The molecule has 20 heavy (non-hydrogen) atoms. The van der Waals surface area contributed by atoms with Gasteiger partial charge in [-0.3, -0.25) is 0 Å². The standard InChI is InChI=1S/C16H18BrNO2/c1-20-16-8-7-14(17)9-13(16)10-18-11-15(19)12-5-3-2-4-6-12/h2-9,15,18-19H,10-11H2,1H3/p+1/t15-/m1/s1. The second-order valence-electron chi connectivity index (χ2n) is 4.61. The first-order valence-corrected chi connectivity index (χ1v) is 7.37.